The van der Waals surface area contributed by atoms with E-state index in [1.807, 2.05) is 62.3 Å². The number of carbonyl (C=O) groups is 6. The molecule has 19 aliphatic carbocycles. The molecule has 127 heavy (non-hydrogen) atoms. The van der Waals surface area contributed by atoms with E-state index in [1.165, 1.54) is 173 Å². The lowest BCUT2D eigenvalue weighted by Crippen LogP contribution is -2.61. The minimum Gasteiger partial charge on any atom is -0.481 e. The largest absolute Gasteiger partial charge is 0.481 e. The van der Waals surface area contributed by atoms with Crippen LogP contribution in [0.15, 0.2) is 0 Å². The molecule has 748 valence electrons. The highest BCUT2D eigenvalue weighted by molar-refractivity contribution is 5.83. The second-order valence-electron chi connectivity index (χ2n) is 49.7. The topological polar surface area (TPSA) is 172 Å². The molecule has 19 rings (SSSR count). The Bertz CT molecular complexity index is 3400. The molecule has 19 saturated carbocycles. The lowest BCUT2D eigenvalue weighted by atomic mass is 9.44. The zero-order valence-electron chi connectivity index (χ0n) is 79.6. The van der Waals surface area contributed by atoms with Gasteiger partial charge >= 0.3 is 29.8 Å². The third-order valence-corrected chi connectivity index (χ3v) is 39.5. The van der Waals surface area contributed by atoms with Crippen LogP contribution in [0.3, 0.4) is 0 Å². The molecule has 0 aromatic heterocycles. The van der Waals surface area contributed by atoms with E-state index in [1.54, 1.807) is 0 Å². The Kier molecular flexibility index (Phi) is 42.2. The molecule has 18 atom stereocenters. The van der Waals surface area contributed by atoms with Gasteiger partial charge in [0.2, 0.25) is 5.91 Å². The average Bonchev–Trinajstić information content (AvgIpc) is 1.55. The molecule has 19 fully saturated rings. The number of aliphatic carboxylic acids is 1. The maximum atomic E-state index is 12.8. The van der Waals surface area contributed by atoms with E-state index >= 15 is 0 Å². The molecule has 17 unspecified atom stereocenters. The molecule has 0 radical (unpaired) electrons. The molecule has 19 aliphatic rings. The van der Waals surface area contributed by atoms with Gasteiger partial charge in [0.25, 0.3) is 0 Å². The summed E-state index contributed by atoms with van der Waals surface area (Å²) in [5.74, 6) is 15.0. The molecule has 0 aliphatic heterocycles. The minimum atomic E-state index is -0.688. The summed E-state index contributed by atoms with van der Waals surface area (Å²) in [7, 11) is 0. The Balaban J connectivity index is 0.000000537. The third-order valence-electron chi connectivity index (χ3n) is 39.5. The highest BCUT2D eigenvalue weighted by Gasteiger charge is 2.69. The second-order valence-corrected chi connectivity index (χ2v) is 49.7. The molecule has 12 nitrogen and oxygen atoms in total. The maximum Gasteiger partial charge on any atom is 0.312 e. The van der Waals surface area contributed by atoms with Gasteiger partial charge in [0.1, 0.15) is 23.4 Å². The van der Waals surface area contributed by atoms with Gasteiger partial charge in [-0.25, -0.2) is 0 Å². The van der Waals surface area contributed by atoms with E-state index in [9.17, 15) is 33.9 Å². The van der Waals surface area contributed by atoms with E-state index in [0.29, 0.717) is 45.8 Å². The predicted octanol–water partition coefficient (Wildman–Crippen LogP) is 32.9. The van der Waals surface area contributed by atoms with Crippen LogP contribution >= 0.6 is 0 Å². The van der Waals surface area contributed by atoms with Gasteiger partial charge < -0.3 is 29.4 Å². The summed E-state index contributed by atoms with van der Waals surface area (Å²) < 4.78 is 24.3. The lowest BCUT2D eigenvalue weighted by Gasteiger charge is -2.61. The predicted molar refractivity (Wildman–Crippen MR) is 539 cm³/mol. The summed E-state index contributed by atoms with van der Waals surface area (Å²) >= 11 is 0. The van der Waals surface area contributed by atoms with Crippen LogP contribution in [0.2, 0.25) is 0 Å². The van der Waals surface area contributed by atoms with Crippen LogP contribution < -0.4 is 5.32 Å². The summed E-state index contributed by atoms with van der Waals surface area (Å²) in [5.41, 5.74) is -1.07. The number of fused-ring (bicyclic) bond motifs is 8. The van der Waals surface area contributed by atoms with Crippen LogP contribution in [-0.2, 0) is 47.7 Å². The Hall–Kier alpha value is -3.18. The average molecular weight is 1790 g/mol. The van der Waals surface area contributed by atoms with Crippen LogP contribution in [0.5, 0.6) is 0 Å². The van der Waals surface area contributed by atoms with Crippen LogP contribution in [0.25, 0.3) is 0 Å². The Morgan fingerprint density at radius 3 is 1.36 bits per heavy atom. The molecular formula is C115H217NO11. The standard InChI is InChI=1S/C33H58O2.C21H36O2.C18H30O2.C17H26O4.C16H27NO.10CH4/c1-8-10-11-12-13-23(3)27-16-17-28-26-15-14-24-22-25(35-30(34)31(4,5)9-2)18-20-32(24,6)29(26)19-21-33(27,28)7;1-8-19(3,4)18(22)23-21(7)12-11-15-17(20(15,5)6)16-13(2)9-10-14(16)21;1-5-17(3,4)16(19)20-12(2)18-9-13-6-14(10-18)8-15(7-13)11-18;1-4-15(2,3)14(20)21-17-8-11-5-12(9-17)7-16(6-11,10-17)13(18)19;1-4-15(2,3)14(18)17-16-8-11-5-12(9-16)7-13(6-11)10-16;;;;;;;;;;/h23-29H,8-22H2,1-7H3;13-17H,8-12H2,1-7H3;12-15H,5-11H2,1-4H3;11-12H,4-10H2,1-3H3,(H,18,19);11-13H,4-10H2,1-3H3,(H,17,18);10*1H4/t23?,24?,25-,26?,27?,28?,29?,32?,33?;;;;;;;;;;;;;;/m1............../s1. The van der Waals surface area contributed by atoms with Gasteiger partial charge in [-0.15, -0.1) is 0 Å². The Labute approximate surface area is 788 Å². The van der Waals surface area contributed by atoms with Gasteiger partial charge in [0.05, 0.1) is 27.1 Å². The van der Waals surface area contributed by atoms with E-state index in [-0.39, 0.29) is 149 Å². The molecular weight excluding hydrogens is 1570 g/mol. The first-order valence-corrected chi connectivity index (χ1v) is 50.0. The van der Waals surface area contributed by atoms with Crippen LogP contribution in [0.1, 0.15) is 504 Å². The van der Waals surface area contributed by atoms with Gasteiger partial charge in [-0.05, 0) is 410 Å². The van der Waals surface area contributed by atoms with Crippen molar-refractivity contribution in [3.05, 3.63) is 0 Å². The van der Waals surface area contributed by atoms with Gasteiger partial charge in [-0.2, -0.15) is 0 Å². The van der Waals surface area contributed by atoms with Crippen molar-refractivity contribution in [1.29, 1.82) is 0 Å². The summed E-state index contributed by atoms with van der Waals surface area (Å²) in [6.07, 6.45) is 49.8. The number of amides is 1. The first kappa shape index (κ1) is 120. The first-order valence-electron chi connectivity index (χ1n) is 50.0. The number of hydrogen-bond acceptors (Lipinski definition) is 10. The van der Waals surface area contributed by atoms with Crippen LogP contribution in [0.4, 0.5) is 0 Å². The Morgan fingerprint density at radius 1 is 0.433 bits per heavy atom. The molecule has 0 heterocycles. The van der Waals surface area contributed by atoms with Crippen molar-refractivity contribution in [1.82, 2.24) is 5.32 Å². The molecule has 0 spiro atoms. The highest BCUT2D eigenvalue weighted by Crippen LogP contribution is 2.73. The molecule has 2 N–H and O–H groups in total. The van der Waals surface area contributed by atoms with Crippen molar-refractivity contribution in [2.24, 2.45) is 167 Å². The molecule has 0 saturated heterocycles. The van der Waals surface area contributed by atoms with Crippen molar-refractivity contribution >= 4 is 35.8 Å². The molecule has 1 amide bonds. The zero-order chi connectivity index (χ0) is 85.6. The smallest absolute Gasteiger partial charge is 0.312 e. The number of esters is 4. The molecule has 0 aromatic carbocycles. The lowest BCUT2D eigenvalue weighted by molar-refractivity contribution is -0.215. The van der Waals surface area contributed by atoms with Crippen molar-refractivity contribution in [3.63, 3.8) is 0 Å². The van der Waals surface area contributed by atoms with Crippen LogP contribution in [0, 0.1) is 167 Å². The maximum absolute atomic E-state index is 12.8. The highest BCUT2D eigenvalue weighted by atomic mass is 16.6. The summed E-state index contributed by atoms with van der Waals surface area (Å²) in [6.45, 7) is 52.4. The van der Waals surface area contributed by atoms with E-state index in [0.717, 1.165) is 178 Å². The fraction of sp³-hybridized carbons (Fsp3) is 0.948. The summed E-state index contributed by atoms with van der Waals surface area (Å²) in [4.78, 5) is 74.6. The van der Waals surface area contributed by atoms with Gasteiger partial charge in [0.15, 0.2) is 0 Å². The molecule has 12 heteroatoms. The van der Waals surface area contributed by atoms with E-state index in [2.05, 4.69) is 109 Å². The van der Waals surface area contributed by atoms with Gasteiger partial charge in [-0.3, -0.25) is 28.8 Å². The van der Waals surface area contributed by atoms with Crippen LogP contribution in [-0.4, -0.2) is 69.8 Å². The van der Waals surface area contributed by atoms with Crippen molar-refractivity contribution in [3.8, 4) is 0 Å². The van der Waals surface area contributed by atoms with Gasteiger partial charge in [0, 0.05) is 28.7 Å². The third kappa shape index (κ3) is 24.3. The first-order chi connectivity index (χ1) is 54.6. The number of hydrogen-bond donors (Lipinski definition) is 2. The van der Waals surface area contributed by atoms with E-state index < -0.39 is 22.4 Å². The Morgan fingerprint density at radius 2 is 0.874 bits per heavy atom. The fourth-order valence-electron chi connectivity index (χ4n) is 30.9. The fourth-order valence-corrected chi connectivity index (χ4v) is 30.9. The van der Waals surface area contributed by atoms with Gasteiger partial charge in [-0.1, -0.05) is 210 Å². The SMILES string of the molecule is C.C.C.C.C.C.C.C.C.C.CCC(C)(C)C(=O)NC12CC3CC(CC(C3)C1)C2.CCC(C)(C)C(=O)OC(C)C12CC3CC(CC(C3)C1)C2.CCC(C)(C)C(=O)OC1(C)CCC2C(C3C(C)CCC31)C2(C)C.CCC(C)(C)C(=O)OC12CC3CC(C1)CC(C(=O)O)(C3)C2.CCCCCCC(C)C1CCC2C3CCC4C[C@H](OC(=O)C(C)(C)CC)CCC4(C)C3CCC12C. The van der Waals surface area contributed by atoms with Crippen molar-refractivity contribution in [2.75, 3.05) is 0 Å². The monoisotopic (exact) mass is 1790 g/mol. The summed E-state index contributed by atoms with van der Waals surface area (Å²) in [5, 5.41) is 13.2. The molecule has 12 bridgehead atoms. The molecule has 0 aromatic rings. The van der Waals surface area contributed by atoms with Crippen molar-refractivity contribution < 1.29 is 52.8 Å². The van der Waals surface area contributed by atoms with Crippen molar-refractivity contribution in [2.45, 2.75) is 533 Å². The number of carboxylic acid groups (broad SMARTS) is 1. The number of carboxylic acids is 1. The normalized spacial score (nSPS) is 38.9. The second kappa shape index (κ2) is 44.7. The quantitative estimate of drug-likeness (QED) is 0.0567. The number of ether oxygens (including phenoxy) is 4. The number of nitrogens with one attached hydrogen (secondary N) is 1. The number of unbranched alkanes of at least 4 members (excludes halogenated alkanes) is 3. The number of carbonyl (C=O) groups excluding carboxylic acids is 5. The minimum absolute atomic E-state index is 0. The van der Waals surface area contributed by atoms with E-state index in [4.69, 9.17) is 18.9 Å². The number of rotatable bonds is 23. The zero-order valence-corrected chi connectivity index (χ0v) is 79.6. The summed E-state index contributed by atoms with van der Waals surface area (Å²) in [6, 6.07) is 0.